The van der Waals surface area contributed by atoms with Crippen LogP contribution in [0.15, 0.2) is 45.8 Å². The fourth-order valence-corrected chi connectivity index (χ4v) is 4.30. The molecule has 0 aromatic heterocycles. The predicted molar refractivity (Wildman–Crippen MR) is 123 cm³/mol. The molecule has 156 valence electrons. The summed E-state index contributed by atoms with van der Waals surface area (Å²) in [4.78, 5) is 38.7. The van der Waals surface area contributed by atoms with Gasteiger partial charge in [-0.2, -0.15) is 0 Å². The zero-order valence-corrected chi connectivity index (χ0v) is 19.2. The number of rotatable bonds is 6. The van der Waals surface area contributed by atoms with Gasteiger partial charge in [-0.3, -0.25) is 19.3 Å². The van der Waals surface area contributed by atoms with Crippen molar-refractivity contribution in [1.82, 2.24) is 4.90 Å². The zero-order valence-electron chi connectivity index (χ0n) is 16.8. The van der Waals surface area contributed by atoms with E-state index in [0.29, 0.717) is 23.6 Å². The number of carbonyl (C=O) groups is 3. The lowest BCUT2D eigenvalue weighted by Crippen LogP contribution is -2.36. The van der Waals surface area contributed by atoms with E-state index < -0.39 is 17.1 Å². The van der Waals surface area contributed by atoms with Gasteiger partial charge < -0.3 is 10.1 Å². The molecule has 0 bridgehead atoms. The minimum Gasteiger partial charge on any atom is -0.493 e. The highest BCUT2D eigenvalue weighted by atomic mass is 79.9. The maximum absolute atomic E-state index is 12.8. The molecule has 1 N–H and O–H groups in total. The van der Waals surface area contributed by atoms with Crippen LogP contribution >= 0.6 is 27.7 Å². The number of nitrogens with zero attached hydrogens (tertiary/aromatic N) is 1. The second kappa shape index (κ2) is 9.49. The van der Waals surface area contributed by atoms with E-state index in [1.165, 1.54) is 0 Å². The predicted octanol–water partition coefficient (Wildman–Crippen LogP) is 5.14. The van der Waals surface area contributed by atoms with Crippen molar-refractivity contribution in [2.75, 3.05) is 18.5 Å². The molecule has 6 nitrogen and oxygen atoms in total. The van der Waals surface area contributed by atoms with Crippen LogP contribution < -0.4 is 10.1 Å². The van der Waals surface area contributed by atoms with Crippen molar-refractivity contribution in [3.63, 3.8) is 0 Å². The Balaban J connectivity index is 1.75. The average molecular weight is 489 g/mol. The number of nitrogens with one attached hydrogen (secondary N) is 1. The molecule has 2 aromatic carbocycles. The van der Waals surface area contributed by atoms with E-state index in [1.807, 2.05) is 51.1 Å². The van der Waals surface area contributed by atoms with Crippen LogP contribution in [0.25, 0.3) is 6.08 Å². The van der Waals surface area contributed by atoms with E-state index >= 15 is 0 Å². The lowest BCUT2D eigenvalue weighted by atomic mass is 10.1. The van der Waals surface area contributed by atoms with Gasteiger partial charge in [-0.05, 0) is 80.1 Å². The maximum Gasteiger partial charge on any atom is 0.294 e. The molecule has 3 amide bonds. The smallest absolute Gasteiger partial charge is 0.294 e. The number of ether oxygens (including phenoxy) is 1. The minimum absolute atomic E-state index is 0.248. The Morgan fingerprint density at radius 3 is 2.53 bits per heavy atom. The van der Waals surface area contributed by atoms with Crippen LogP contribution in [0.5, 0.6) is 5.75 Å². The third-order valence-corrected chi connectivity index (χ3v) is 5.64. The summed E-state index contributed by atoms with van der Waals surface area (Å²) in [6.45, 7) is 5.87. The quantitative estimate of drug-likeness (QED) is 0.569. The number of hydrogen-bond acceptors (Lipinski definition) is 5. The molecule has 1 heterocycles. The first-order valence-electron chi connectivity index (χ1n) is 9.32. The molecule has 0 aliphatic carbocycles. The highest BCUT2D eigenvalue weighted by molar-refractivity contribution is 9.10. The molecule has 0 saturated carbocycles. The molecule has 0 spiro atoms. The summed E-state index contributed by atoms with van der Waals surface area (Å²) < 4.78 is 6.42. The first-order valence-corrected chi connectivity index (χ1v) is 10.9. The van der Waals surface area contributed by atoms with Crippen molar-refractivity contribution < 1.29 is 19.1 Å². The minimum atomic E-state index is -0.497. The van der Waals surface area contributed by atoms with Crippen molar-refractivity contribution in [2.24, 2.45) is 0 Å². The summed E-state index contributed by atoms with van der Waals surface area (Å²) >= 11 is 4.21. The lowest BCUT2D eigenvalue weighted by Gasteiger charge is -2.13. The van der Waals surface area contributed by atoms with Gasteiger partial charge in [0.2, 0.25) is 5.91 Å². The Bertz CT molecular complexity index is 1030. The summed E-state index contributed by atoms with van der Waals surface area (Å²) in [5.74, 6) is -0.316. The Morgan fingerprint density at radius 1 is 1.17 bits per heavy atom. The van der Waals surface area contributed by atoms with Crippen LogP contribution in [0.3, 0.4) is 0 Å². The molecule has 0 unspecified atom stereocenters. The van der Waals surface area contributed by atoms with E-state index in [-0.39, 0.29) is 11.4 Å². The van der Waals surface area contributed by atoms with Gasteiger partial charge in [-0.15, -0.1) is 0 Å². The number of benzene rings is 2. The zero-order chi connectivity index (χ0) is 21.8. The van der Waals surface area contributed by atoms with Crippen LogP contribution in [0, 0.1) is 13.8 Å². The standard InChI is InChI=1S/C22H21BrN2O4S/c1-4-29-18-6-5-16(23)10-15(18)11-19-21(27)25(22(28)30-19)12-20(26)24-17-8-13(2)7-14(3)9-17/h5-11H,4,12H2,1-3H3,(H,24,26)/b19-11+. The molecule has 2 aromatic rings. The number of aryl methyl sites for hydroxylation is 2. The molecule has 1 saturated heterocycles. The molecule has 8 heteroatoms. The summed E-state index contributed by atoms with van der Waals surface area (Å²) in [7, 11) is 0. The van der Waals surface area contributed by atoms with E-state index in [0.717, 1.165) is 32.3 Å². The lowest BCUT2D eigenvalue weighted by molar-refractivity contribution is -0.127. The second-order valence-electron chi connectivity index (χ2n) is 6.81. The number of halogens is 1. The summed E-state index contributed by atoms with van der Waals surface area (Å²) in [5.41, 5.74) is 3.34. The molecular formula is C22H21BrN2O4S. The van der Waals surface area contributed by atoms with Crippen molar-refractivity contribution >= 4 is 56.5 Å². The Labute approximate surface area is 187 Å². The summed E-state index contributed by atoms with van der Waals surface area (Å²) in [5, 5.41) is 2.27. The third-order valence-electron chi connectivity index (χ3n) is 4.24. The molecule has 1 aliphatic heterocycles. The van der Waals surface area contributed by atoms with Crippen LogP contribution in [-0.2, 0) is 9.59 Å². The third kappa shape index (κ3) is 5.31. The number of imide groups is 1. The van der Waals surface area contributed by atoms with Gasteiger partial charge in [0.15, 0.2) is 0 Å². The summed E-state index contributed by atoms with van der Waals surface area (Å²) in [6.07, 6.45) is 1.61. The van der Waals surface area contributed by atoms with Gasteiger partial charge in [0, 0.05) is 15.7 Å². The van der Waals surface area contributed by atoms with Crippen LogP contribution in [0.4, 0.5) is 10.5 Å². The van der Waals surface area contributed by atoms with E-state index in [9.17, 15) is 14.4 Å². The Hall–Kier alpha value is -2.58. The first kappa shape index (κ1) is 22.1. The van der Waals surface area contributed by atoms with Crippen LogP contribution in [0.2, 0.25) is 0 Å². The topological polar surface area (TPSA) is 75.7 Å². The maximum atomic E-state index is 12.8. The highest BCUT2D eigenvalue weighted by Crippen LogP contribution is 2.34. The highest BCUT2D eigenvalue weighted by Gasteiger charge is 2.36. The normalized spacial score (nSPS) is 15.1. The summed E-state index contributed by atoms with van der Waals surface area (Å²) in [6, 6.07) is 11.1. The molecule has 0 radical (unpaired) electrons. The fraction of sp³-hybridized carbons (Fsp3) is 0.227. The number of anilines is 1. The van der Waals surface area contributed by atoms with Gasteiger partial charge in [-0.1, -0.05) is 22.0 Å². The van der Waals surface area contributed by atoms with Gasteiger partial charge in [-0.25, -0.2) is 0 Å². The second-order valence-corrected chi connectivity index (χ2v) is 8.72. The molecule has 1 aliphatic rings. The average Bonchev–Trinajstić information content (AvgIpc) is 2.90. The SMILES string of the molecule is CCOc1ccc(Br)cc1/C=C1/SC(=O)N(CC(=O)Nc2cc(C)cc(C)c2)C1=O. The van der Waals surface area contributed by atoms with Gasteiger partial charge in [0.05, 0.1) is 11.5 Å². The molecule has 3 rings (SSSR count). The van der Waals surface area contributed by atoms with E-state index in [4.69, 9.17) is 4.74 Å². The number of carbonyl (C=O) groups excluding carboxylic acids is 3. The molecule has 30 heavy (non-hydrogen) atoms. The van der Waals surface area contributed by atoms with Crippen molar-refractivity contribution in [3.05, 3.63) is 62.5 Å². The molecule has 1 fully saturated rings. The van der Waals surface area contributed by atoms with Crippen LogP contribution in [0.1, 0.15) is 23.6 Å². The number of thioether (sulfide) groups is 1. The van der Waals surface area contributed by atoms with Crippen molar-refractivity contribution in [3.8, 4) is 5.75 Å². The van der Waals surface area contributed by atoms with E-state index in [2.05, 4.69) is 21.2 Å². The van der Waals surface area contributed by atoms with Crippen molar-refractivity contribution in [1.29, 1.82) is 0 Å². The largest absolute Gasteiger partial charge is 0.493 e. The number of hydrogen-bond donors (Lipinski definition) is 1. The monoisotopic (exact) mass is 488 g/mol. The van der Waals surface area contributed by atoms with Gasteiger partial charge in [0.25, 0.3) is 11.1 Å². The molecule has 0 atom stereocenters. The van der Waals surface area contributed by atoms with E-state index in [1.54, 1.807) is 12.1 Å². The van der Waals surface area contributed by atoms with Crippen molar-refractivity contribution in [2.45, 2.75) is 20.8 Å². The Kier molecular flexibility index (Phi) is 6.99. The number of amides is 3. The Morgan fingerprint density at radius 2 is 1.87 bits per heavy atom. The van der Waals surface area contributed by atoms with Gasteiger partial charge in [0.1, 0.15) is 12.3 Å². The van der Waals surface area contributed by atoms with Gasteiger partial charge >= 0.3 is 0 Å². The fourth-order valence-electron chi connectivity index (χ4n) is 3.09. The molecular weight excluding hydrogens is 468 g/mol. The van der Waals surface area contributed by atoms with Crippen LogP contribution in [-0.4, -0.2) is 35.1 Å². The first-order chi connectivity index (χ1) is 14.3.